The van der Waals surface area contributed by atoms with Crippen molar-refractivity contribution >= 4 is 23.9 Å². The Hall–Kier alpha value is -3.10. The van der Waals surface area contributed by atoms with Gasteiger partial charge < -0.3 is 25.0 Å². The standard InChI is InChI=1S/C24H37N3O6/c1-9-12-27(22(30)17(4)26-23(31)33-24(5,6)7)20(21(29)25-14-19(28)32-8)18-11-10-15(2)13-16(18)3/h10-11,13,17,20H,9,12,14H2,1-8H3,(H,25,29)(H,26,31). The number of amides is 3. The molecule has 0 aliphatic carbocycles. The number of hydrogen-bond donors (Lipinski definition) is 2. The van der Waals surface area contributed by atoms with Crippen molar-refractivity contribution in [2.75, 3.05) is 20.2 Å². The summed E-state index contributed by atoms with van der Waals surface area (Å²) in [7, 11) is 1.23. The normalized spacial score (nSPS) is 12.8. The number of rotatable bonds is 9. The Bertz CT molecular complexity index is 862. The van der Waals surface area contributed by atoms with Crippen LogP contribution < -0.4 is 10.6 Å². The molecule has 0 aliphatic heterocycles. The molecule has 2 atom stereocenters. The summed E-state index contributed by atoms with van der Waals surface area (Å²) < 4.78 is 9.86. The van der Waals surface area contributed by atoms with E-state index in [0.29, 0.717) is 12.0 Å². The van der Waals surface area contributed by atoms with Crippen molar-refractivity contribution in [1.82, 2.24) is 15.5 Å². The van der Waals surface area contributed by atoms with Gasteiger partial charge in [-0.2, -0.15) is 0 Å². The van der Waals surface area contributed by atoms with Crippen LogP contribution >= 0.6 is 0 Å². The Morgan fingerprint density at radius 2 is 1.76 bits per heavy atom. The second-order valence-corrected chi connectivity index (χ2v) is 8.96. The molecule has 0 aromatic heterocycles. The maximum Gasteiger partial charge on any atom is 0.408 e. The lowest BCUT2D eigenvalue weighted by Crippen LogP contribution is -2.52. The van der Waals surface area contributed by atoms with E-state index >= 15 is 0 Å². The molecule has 0 saturated heterocycles. The smallest absolute Gasteiger partial charge is 0.408 e. The fourth-order valence-corrected chi connectivity index (χ4v) is 3.31. The highest BCUT2D eigenvalue weighted by Gasteiger charge is 2.35. The lowest BCUT2D eigenvalue weighted by Gasteiger charge is -2.34. The molecule has 9 nitrogen and oxygen atoms in total. The van der Waals surface area contributed by atoms with Crippen LogP contribution in [0.5, 0.6) is 0 Å². The van der Waals surface area contributed by atoms with Gasteiger partial charge in [-0.25, -0.2) is 4.79 Å². The summed E-state index contributed by atoms with van der Waals surface area (Å²) in [5, 5.41) is 5.10. The molecule has 0 spiro atoms. The number of ether oxygens (including phenoxy) is 2. The second kappa shape index (κ2) is 12.2. The lowest BCUT2D eigenvalue weighted by atomic mass is 9.96. The number of esters is 1. The van der Waals surface area contributed by atoms with Gasteiger partial charge in [0.2, 0.25) is 11.8 Å². The van der Waals surface area contributed by atoms with Gasteiger partial charge in [-0.3, -0.25) is 14.4 Å². The first-order valence-corrected chi connectivity index (χ1v) is 11.0. The van der Waals surface area contributed by atoms with Crippen LogP contribution in [0, 0.1) is 13.8 Å². The number of nitrogens with zero attached hydrogens (tertiary/aromatic N) is 1. The zero-order valence-corrected chi connectivity index (χ0v) is 20.9. The first-order chi connectivity index (χ1) is 15.3. The van der Waals surface area contributed by atoms with Crippen molar-refractivity contribution in [2.45, 2.75) is 72.6 Å². The van der Waals surface area contributed by atoms with Gasteiger partial charge in [-0.15, -0.1) is 0 Å². The maximum atomic E-state index is 13.4. The molecule has 33 heavy (non-hydrogen) atoms. The van der Waals surface area contributed by atoms with Crippen LogP contribution in [0.15, 0.2) is 18.2 Å². The molecule has 0 heterocycles. The van der Waals surface area contributed by atoms with E-state index in [-0.39, 0.29) is 13.1 Å². The summed E-state index contributed by atoms with van der Waals surface area (Å²) in [4.78, 5) is 51.8. The van der Waals surface area contributed by atoms with E-state index < -0.39 is 41.6 Å². The van der Waals surface area contributed by atoms with Gasteiger partial charge in [0.15, 0.2) is 0 Å². The largest absolute Gasteiger partial charge is 0.468 e. The molecule has 1 aromatic rings. The van der Waals surface area contributed by atoms with Gasteiger partial charge in [0.25, 0.3) is 0 Å². The van der Waals surface area contributed by atoms with Gasteiger partial charge in [0.05, 0.1) is 7.11 Å². The number of nitrogens with one attached hydrogen (secondary N) is 2. The van der Waals surface area contributed by atoms with Crippen LogP contribution in [-0.2, 0) is 23.9 Å². The summed E-state index contributed by atoms with van der Waals surface area (Å²) in [5.74, 6) is -1.56. The van der Waals surface area contributed by atoms with Crippen LogP contribution in [-0.4, -0.2) is 60.6 Å². The summed E-state index contributed by atoms with van der Waals surface area (Å²) >= 11 is 0. The Morgan fingerprint density at radius 1 is 1.12 bits per heavy atom. The Morgan fingerprint density at radius 3 is 2.27 bits per heavy atom. The SMILES string of the molecule is CCCN(C(=O)C(C)NC(=O)OC(C)(C)C)C(C(=O)NCC(=O)OC)c1ccc(C)cc1C. The summed E-state index contributed by atoms with van der Waals surface area (Å²) in [6.45, 7) is 12.3. The van der Waals surface area contributed by atoms with Crippen molar-refractivity contribution in [3.63, 3.8) is 0 Å². The number of aryl methyl sites for hydroxylation is 2. The molecule has 1 aromatic carbocycles. The fourth-order valence-electron chi connectivity index (χ4n) is 3.31. The maximum absolute atomic E-state index is 13.4. The minimum absolute atomic E-state index is 0.267. The van der Waals surface area contributed by atoms with Gasteiger partial charge in [0, 0.05) is 6.54 Å². The zero-order valence-electron chi connectivity index (χ0n) is 20.9. The average molecular weight is 464 g/mol. The molecular formula is C24H37N3O6. The molecule has 184 valence electrons. The highest BCUT2D eigenvalue weighted by Crippen LogP contribution is 2.26. The first kappa shape index (κ1) is 27.9. The van der Waals surface area contributed by atoms with E-state index in [2.05, 4.69) is 15.4 Å². The molecule has 0 fully saturated rings. The quantitative estimate of drug-likeness (QED) is 0.545. The average Bonchev–Trinajstić information content (AvgIpc) is 2.70. The van der Waals surface area contributed by atoms with Crippen molar-refractivity contribution in [3.8, 4) is 0 Å². The highest BCUT2D eigenvalue weighted by molar-refractivity contribution is 5.93. The fraction of sp³-hybridized carbons (Fsp3) is 0.583. The minimum Gasteiger partial charge on any atom is -0.468 e. The van der Waals surface area contributed by atoms with E-state index in [0.717, 1.165) is 11.1 Å². The molecular weight excluding hydrogens is 426 g/mol. The first-order valence-electron chi connectivity index (χ1n) is 11.0. The Labute approximate surface area is 196 Å². The van der Waals surface area contributed by atoms with Crippen molar-refractivity contribution in [2.24, 2.45) is 0 Å². The van der Waals surface area contributed by atoms with Crippen LogP contribution in [0.25, 0.3) is 0 Å². The second-order valence-electron chi connectivity index (χ2n) is 8.96. The van der Waals surface area contributed by atoms with Crippen molar-refractivity contribution < 1.29 is 28.7 Å². The molecule has 0 bridgehead atoms. The molecule has 2 unspecified atom stereocenters. The lowest BCUT2D eigenvalue weighted by molar-refractivity contribution is -0.144. The van der Waals surface area contributed by atoms with Gasteiger partial charge in [-0.1, -0.05) is 30.7 Å². The van der Waals surface area contributed by atoms with Crippen LogP contribution in [0.4, 0.5) is 4.79 Å². The molecule has 1 rings (SSSR count). The van der Waals surface area contributed by atoms with E-state index in [1.165, 1.54) is 12.0 Å². The number of alkyl carbamates (subject to hydrolysis) is 1. The molecule has 2 N–H and O–H groups in total. The molecule has 0 radical (unpaired) electrons. The Kier molecular flexibility index (Phi) is 10.3. The number of hydrogen-bond acceptors (Lipinski definition) is 6. The van der Waals surface area contributed by atoms with E-state index in [1.807, 2.05) is 32.9 Å². The van der Waals surface area contributed by atoms with Crippen molar-refractivity contribution in [3.05, 3.63) is 34.9 Å². The van der Waals surface area contributed by atoms with Gasteiger partial charge in [0.1, 0.15) is 24.2 Å². The zero-order chi connectivity index (χ0) is 25.3. The van der Waals surface area contributed by atoms with Gasteiger partial charge >= 0.3 is 12.1 Å². The summed E-state index contributed by atoms with van der Waals surface area (Å²) in [6, 6.07) is 3.65. The van der Waals surface area contributed by atoms with E-state index in [4.69, 9.17) is 4.74 Å². The van der Waals surface area contributed by atoms with Crippen LogP contribution in [0.2, 0.25) is 0 Å². The summed E-state index contributed by atoms with van der Waals surface area (Å²) in [5.41, 5.74) is 1.76. The van der Waals surface area contributed by atoms with E-state index in [1.54, 1.807) is 33.8 Å². The third kappa shape index (κ3) is 8.75. The number of benzene rings is 1. The molecule has 3 amide bonds. The highest BCUT2D eigenvalue weighted by atomic mass is 16.6. The number of carbonyl (C=O) groups excluding carboxylic acids is 4. The predicted octanol–water partition coefficient (Wildman–Crippen LogP) is 2.79. The molecule has 9 heteroatoms. The monoisotopic (exact) mass is 463 g/mol. The molecule has 0 aliphatic rings. The predicted molar refractivity (Wildman–Crippen MR) is 125 cm³/mol. The number of carbonyl (C=O) groups is 4. The summed E-state index contributed by atoms with van der Waals surface area (Å²) in [6.07, 6.45) is -0.144. The van der Waals surface area contributed by atoms with Crippen LogP contribution in [0.1, 0.15) is 63.8 Å². The minimum atomic E-state index is -0.995. The van der Waals surface area contributed by atoms with Gasteiger partial charge in [-0.05, 0) is 59.1 Å². The third-order valence-corrected chi connectivity index (χ3v) is 4.77. The topological polar surface area (TPSA) is 114 Å². The van der Waals surface area contributed by atoms with E-state index in [9.17, 15) is 19.2 Å². The van der Waals surface area contributed by atoms with Crippen molar-refractivity contribution in [1.29, 1.82) is 0 Å². The Balaban J connectivity index is 3.30. The molecule has 0 saturated carbocycles. The number of methoxy groups -OCH3 is 1. The third-order valence-electron chi connectivity index (χ3n) is 4.77. The van der Waals surface area contributed by atoms with Crippen LogP contribution in [0.3, 0.4) is 0 Å².